The van der Waals surface area contributed by atoms with E-state index in [1.54, 1.807) is 18.5 Å². The summed E-state index contributed by atoms with van der Waals surface area (Å²) in [5.41, 5.74) is 3.83. The van der Waals surface area contributed by atoms with Crippen molar-refractivity contribution < 1.29 is 0 Å². The van der Waals surface area contributed by atoms with E-state index in [1.807, 2.05) is 54.6 Å². The highest BCUT2D eigenvalue weighted by molar-refractivity contribution is 5.56. The molecule has 2 heteroatoms. The second kappa shape index (κ2) is 7.46. The Labute approximate surface area is 141 Å². The molecule has 3 aromatic rings. The van der Waals surface area contributed by atoms with E-state index in [9.17, 15) is 0 Å². The zero-order chi connectivity index (χ0) is 16.6. The molecule has 1 aromatic heterocycles. The van der Waals surface area contributed by atoms with Crippen LogP contribution >= 0.6 is 0 Å². The second-order valence-electron chi connectivity index (χ2n) is 4.94. The third kappa shape index (κ3) is 3.69. The van der Waals surface area contributed by atoms with Gasteiger partial charge in [0.25, 0.3) is 0 Å². The van der Waals surface area contributed by atoms with Crippen LogP contribution < -0.4 is 0 Å². The topological polar surface area (TPSA) is 36.7 Å². The number of benzene rings is 2. The fraction of sp³-hybridized carbons (Fsp3) is 0. The molecule has 0 fully saturated rings. The van der Waals surface area contributed by atoms with Crippen molar-refractivity contribution in [3.63, 3.8) is 0 Å². The third-order valence-corrected chi connectivity index (χ3v) is 3.31. The molecular weight excluding hydrogens is 292 g/mol. The lowest BCUT2D eigenvalue weighted by Crippen LogP contribution is -1.85. The molecule has 0 N–H and O–H groups in total. The Balaban J connectivity index is 1.96. The lowest BCUT2D eigenvalue weighted by atomic mass is 10.1. The summed E-state index contributed by atoms with van der Waals surface area (Å²) in [5.74, 6) is 12.4. The van der Waals surface area contributed by atoms with E-state index in [0.717, 1.165) is 22.3 Å². The number of pyridine rings is 1. The van der Waals surface area contributed by atoms with Crippen LogP contribution in [0.5, 0.6) is 0 Å². The van der Waals surface area contributed by atoms with E-state index < -0.39 is 0 Å². The molecule has 0 amide bonds. The smallest absolute Gasteiger partial charge is 0.100 e. The van der Waals surface area contributed by atoms with Crippen molar-refractivity contribution in [3.8, 4) is 29.8 Å². The molecule has 0 saturated heterocycles. The number of hydrogen-bond donors (Lipinski definition) is 0. The summed E-state index contributed by atoms with van der Waals surface area (Å²) in [6.07, 6.45) is 3.45. The number of aromatic nitrogens is 1. The minimum atomic E-state index is 0.573. The maximum atomic E-state index is 9.13. The molecule has 0 saturated carbocycles. The Morgan fingerprint density at radius 1 is 0.625 bits per heavy atom. The van der Waals surface area contributed by atoms with Crippen LogP contribution in [0.25, 0.3) is 0 Å². The Bertz CT molecular complexity index is 1020. The summed E-state index contributed by atoms with van der Waals surface area (Å²) in [6, 6.07) is 21.0. The van der Waals surface area contributed by atoms with Crippen LogP contribution in [-0.2, 0) is 0 Å². The van der Waals surface area contributed by atoms with Gasteiger partial charge in [0.05, 0.1) is 5.56 Å². The monoisotopic (exact) mass is 304 g/mol. The molecule has 24 heavy (non-hydrogen) atoms. The molecular formula is C22H12N2. The average Bonchev–Trinajstić information content (AvgIpc) is 2.66. The number of hydrogen-bond acceptors (Lipinski definition) is 2. The van der Waals surface area contributed by atoms with E-state index in [0.29, 0.717) is 5.56 Å². The highest BCUT2D eigenvalue weighted by Crippen LogP contribution is 2.09. The molecule has 0 atom stereocenters. The summed E-state index contributed by atoms with van der Waals surface area (Å²) < 4.78 is 0. The lowest BCUT2D eigenvalue weighted by Gasteiger charge is -1.96. The largest absolute Gasteiger partial charge is 0.263 e. The second-order valence-corrected chi connectivity index (χ2v) is 4.94. The standard InChI is InChI=1S/C22H12N2/c23-16-22-10-4-3-9-21(22)14-13-20-8-2-1-7-19(20)12-11-18-6-5-15-24-17-18/h1-10,15,17H. The van der Waals surface area contributed by atoms with E-state index >= 15 is 0 Å². The summed E-state index contributed by atoms with van der Waals surface area (Å²) >= 11 is 0. The average molecular weight is 304 g/mol. The maximum absolute atomic E-state index is 9.13. The fourth-order valence-electron chi connectivity index (χ4n) is 2.10. The minimum Gasteiger partial charge on any atom is -0.263 e. The fourth-order valence-corrected chi connectivity index (χ4v) is 2.10. The first-order valence-corrected chi connectivity index (χ1v) is 7.39. The predicted molar refractivity (Wildman–Crippen MR) is 93.8 cm³/mol. The summed E-state index contributed by atoms with van der Waals surface area (Å²) in [7, 11) is 0. The van der Waals surface area contributed by atoms with Gasteiger partial charge in [-0.25, -0.2) is 0 Å². The highest BCUT2D eigenvalue weighted by atomic mass is 14.6. The summed E-state index contributed by atoms with van der Waals surface area (Å²) in [4.78, 5) is 4.05. The van der Waals surface area contributed by atoms with Gasteiger partial charge in [0.15, 0.2) is 0 Å². The van der Waals surface area contributed by atoms with Crippen LogP contribution in [0.3, 0.4) is 0 Å². The first-order valence-electron chi connectivity index (χ1n) is 7.39. The molecule has 1 heterocycles. The normalized spacial score (nSPS) is 8.96. The van der Waals surface area contributed by atoms with Crippen LogP contribution in [0, 0.1) is 35.0 Å². The van der Waals surface area contributed by atoms with Gasteiger partial charge < -0.3 is 0 Å². The van der Waals surface area contributed by atoms with Crippen LogP contribution in [0.1, 0.15) is 27.8 Å². The molecule has 0 bridgehead atoms. The Morgan fingerprint density at radius 2 is 1.17 bits per heavy atom. The molecule has 0 aliphatic heterocycles. The van der Waals surface area contributed by atoms with E-state index in [4.69, 9.17) is 5.26 Å². The van der Waals surface area contributed by atoms with Crippen molar-refractivity contribution in [2.75, 3.05) is 0 Å². The van der Waals surface area contributed by atoms with Gasteiger partial charge in [-0.15, -0.1) is 0 Å². The molecule has 0 aliphatic carbocycles. The lowest BCUT2D eigenvalue weighted by molar-refractivity contribution is 1.31. The SMILES string of the molecule is N#Cc1ccccc1C#Cc1ccccc1C#Cc1cccnc1. The molecule has 0 radical (unpaired) electrons. The van der Waals surface area contributed by atoms with Crippen LogP contribution in [0.2, 0.25) is 0 Å². The van der Waals surface area contributed by atoms with Crippen LogP contribution in [0.4, 0.5) is 0 Å². The van der Waals surface area contributed by atoms with Crippen molar-refractivity contribution in [3.05, 3.63) is 101 Å². The van der Waals surface area contributed by atoms with Gasteiger partial charge in [0, 0.05) is 34.6 Å². The molecule has 2 aromatic carbocycles. The van der Waals surface area contributed by atoms with Gasteiger partial charge in [0.2, 0.25) is 0 Å². The van der Waals surface area contributed by atoms with E-state index in [-0.39, 0.29) is 0 Å². The number of nitrogens with zero attached hydrogens (tertiary/aromatic N) is 2. The third-order valence-electron chi connectivity index (χ3n) is 3.31. The predicted octanol–water partition coefficient (Wildman–Crippen LogP) is 3.75. The zero-order valence-corrected chi connectivity index (χ0v) is 12.8. The molecule has 0 unspecified atom stereocenters. The molecule has 110 valence electrons. The maximum Gasteiger partial charge on any atom is 0.100 e. The Morgan fingerprint density at radius 3 is 1.71 bits per heavy atom. The quantitative estimate of drug-likeness (QED) is 0.593. The number of rotatable bonds is 0. The molecule has 2 nitrogen and oxygen atoms in total. The highest BCUT2D eigenvalue weighted by Gasteiger charge is 1.98. The van der Waals surface area contributed by atoms with Crippen molar-refractivity contribution in [1.29, 1.82) is 5.26 Å². The van der Waals surface area contributed by atoms with Crippen LogP contribution in [-0.4, -0.2) is 4.98 Å². The first kappa shape index (κ1) is 15.1. The van der Waals surface area contributed by atoms with Crippen molar-refractivity contribution in [2.24, 2.45) is 0 Å². The summed E-state index contributed by atoms with van der Waals surface area (Å²) in [6.45, 7) is 0. The Hall–Kier alpha value is -3.80. The van der Waals surface area contributed by atoms with E-state index in [1.165, 1.54) is 0 Å². The van der Waals surface area contributed by atoms with Gasteiger partial charge in [-0.1, -0.05) is 47.9 Å². The van der Waals surface area contributed by atoms with Gasteiger partial charge >= 0.3 is 0 Å². The minimum absolute atomic E-state index is 0.573. The molecule has 3 rings (SSSR count). The van der Waals surface area contributed by atoms with Crippen molar-refractivity contribution in [2.45, 2.75) is 0 Å². The number of nitriles is 1. The van der Waals surface area contributed by atoms with Crippen LogP contribution in [0.15, 0.2) is 73.1 Å². The molecule has 0 aliphatic rings. The summed E-state index contributed by atoms with van der Waals surface area (Å²) in [5, 5.41) is 9.13. The first-order chi connectivity index (χ1) is 11.9. The zero-order valence-electron chi connectivity index (χ0n) is 12.8. The van der Waals surface area contributed by atoms with Gasteiger partial charge in [-0.3, -0.25) is 4.98 Å². The Kier molecular flexibility index (Phi) is 4.70. The van der Waals surface area contributed by atoms with E-state index in [2.05, 4.69) is 34.7 Å². The van der Waals surface area contributed by atoms with Crippen molar-refractivity contribution in [1.82, 2.24) is 4.98 Å². The van der Waals surface area contributed by atoms with Crippen molar-refractivity contribution >= 4 is 0 Å². The van der Waals surface area contributed by atoms with Gasteiger partial charge in [0.1, 0.15) is 6.07 Å². The van der Waals surface area contributed by atoms with Gasteiger partial charge in [-0.2, -0.15) is 5.26 Å². The van der Waals surface area contributed by atoms with Gasteiger partial charge in [-0.05, 0) is 36.4 Å². The molecule has 0 spiro atoms.